The molecule has 28 heavy (non-hydrogen) atoms. The summed E-state index contributed by atoms with van der Waals surface area (Å²) in [6.45, 7) is 3.94. The second-order valence-electron chi connectivity index (χ2n) is 6.86. The summed E-state index contributed by atoms with van der Waals surface area (Å²) in [5.74, 6) is 0.820. The highest BCUT2D eigenvalue weighted by atomic mass is 16.5. The minimum atomic E-state index is -0.0492. The summed E-state index contributed by atoms with van der Waals surface area (Å²) in [6.07, 6.45) is 1.30. The Balaban J connectivity index is 1.93. The zero-order chi connectivity index (χ0) is 19.7. The first-order valence-electron chi connectivity index (χ1n) is 9.44. The highest BCUT2D eigenvalue weighted by molar-refractivity contribution is 5.80. The molecule has 2 aromatic carbocycles. The molecule has 0 saturated carbocycles. The van der Waals surface area contributed by atoms with Crippen LogP contribution >= 0.6 is 0 Å². The molecule has 0 bridgehead atoms. The summed E-state index contributed by atoms with van der Waals surface area (Å²) in [7, 11) is 1.66. The number of aromatic nitrogens is 3. The number of H-pyrrole nitrogens is 1. The molecule has 2 heterocycles. The molecule has 0 aliphatic heterocycles. The van der Waals surface area contributed by atoms with Crippen molar-refractivity contribution in [2.45, 2.75) is 26.7 Å². The molecule has 0 unspecified atom stereocenters. The number of hydrogen-bond acceptors (Lipinski definition) is 3. The van der Waals surface area contributed by atoms with E-state index in [0.29, 0.717) is 12.8 Å². The van der Waals surface area contributed by atoms with E-state index in [4.69, 9.17) is 9.84 Å². The van der Waals surface area contributed by atoms with Crippen LogP contribution in [0.1, 0.15) is 29.4 Å². The summed E-state index contributed by atoms with van der Waals surface area (Å²) in [5, 5.41) is 4.72. The third-order valence-electron chi connectivity index (χ3n) is 5.11. The third kappa shape index (κ3) is 3.09. The Morgan fingerprint density at radius 2 is 1.79 bits per heavy atom. The monoisotopic (exact) mass is 373 g/mol. The highest BCUT2D eigenvalue weighted by Crippen LogP contribution is 2.29. The van der Waals surface area contributed by atoms with Gasteiger partial charge in [0.05, 0.1) is 12.8 Å². The first kappa shape index (κ1) is 18.0. The van der Waals surface area contributed by atoms with E-state index in [0.717, 1.165) is 45.0 Å². The molecule has 142 valence electrons. The molecule has 4 rings (SSSR count). The van der Waals surface area contributed by atoms with Crippen LogP contribution < -0.4 is 10.3 Å². The Morgan fingerprint density at radius 3 is 2.43 bits per heavy atom. The summed E-state index contributed by atoms with van der Waals surface area (Å²) < 4.78 is 6.77. The van der Waals surface area contributed by atoms with Crippen LogP contribution in [-0.2, 0) is 12.8 Å². The maximum absolute atomic E-state index is 13.0. The first-order valence-corrected chi connectivity index (χ1v) is 9.44. The number of nitrogens with one attached hydrogen (secondary N) is 1. The first-order chi connectivity index (χ1) is 13.6. The molecule has 0 aliphatic carbocycles. The molecule has 5 nitrogen and oxygen atoms in total. The minimum absolute atomic E-state index is 0.0492. The fourth-order valence-electron chi connectivity index (χ4n) is 3.65. The molecule has 5 heteroatoms. The van der Waals surface area contributed by atoms with E-state index in [1.165, 1.54) is 4.52 Å². The van der Waals surface area contributed by atoms with Gasteiger partial charge in [-0.2, -0.15) is 9.61 Å². The van der Waals surface area contributed by atoms with E-state index in [1.54, 1.807) is 7.11 Å². The maximum Gasteiger partial charge on any atom is 0.277 e. The normalized spacial score (nSPS) is 11.1. The zero-order valence-electron chi connectivity index (χ0n) is 16.3. The van der Waals surface area contributed by atoms with E-state index in [9.17, 15) is 4.79 Å². The third-order valence-corrected chi connectivity index (χ3v) is 5.11. The standard InChI is InChI=1S/C23H23N3O2/c1-4-19-15(2)24-22-21(17-8-6-5-7-9-17)20(25-26(22)23(19)27)14-16-10-12-18(28-3)13-11-16/h5-13,24H,4,14H2,1-3H3. The predicted octanol–water partition coefficient (Wildman–Crippen LogP) is 4.16. The Labute approximate surface area is 163 Å². The summed E-state index contributed by atoms with van der Waals surface area (Å²) in [4.78, 5) is 16.4. The van der Waals surface area contributed by atoms with Crippen LogP contribution in [0, 0.1) is 6.92 Å². The smallest absolute Gasteiger partial charge is 0.277 e. The maximum atomic E-state index is 13.0. The summed E-state index contributed by atoms with van der Waals surface area (Å²) in [6, 6.07) is 18.0. The fourth-order valence-corrected chi connectivity index (χ4v) is 3.65. The quantitative estimate of drug-likeness (QED) is 0.571. The van der Waals surface area contributed by atoms with Crippen molar-refractivity contribution >= 4 is 5.65 Å². The molecule has 1 N–H and O–H groups in total. The van der Waals surface area contributed by atoms with E-state index >= 15 is 0 Å². The molecule has 0 aliphatic rings. The number of rotatable bonds is 5. The zero-order valence-corrected chi connectivity index (χ0v) is 16.3. The lowest BCUT2D eigenvalue weighted by Gasteiger charge is -2.06. The van der Waals surface area contributed by atoms with Gasteiger partial charge in [0.15, 0.2) is 0 Å². The van der Waals surface area contributed by atoms with Gasteiger partial charge in [0.2, 0.25) is 0 Å². The number of hydrogen-bond donors (Lipinski definition) is 1. The van der Waals surface area contributed by atoms with Crippen molar-refractivity contribution in [1.82, 2.24) is 14.6 Å². The van der Waals surface area contributed by atoms with Crippen molar-refractivity contribution in [2.24, 2.45) is 0 Å². The van der Waals surface area contributed by atoms with Gasteiger partial charge in [0.25, 0.3) is 5.56 Å². The van der Waals surface area contributed by atoms with Crippen LogP contribution in [0.15, 0.2) is 59.4 Å². The van der Waals surface area contributed by atoms with Gasteiger partial charge in [-0.25, -0.2) is 0 Å². The predicted molar refractivity (Wildman–Crippen MR) is 111 cm³/mol. The number of methoxy groups -OCH3 is 1. The molecule has 0 saturated heterocycles. The molecule has 0 radical (unpaired) electrons. The molecule has 0 amide bonds. The van der Waals surface area contributed by atoms with Crippen LogP contribution in [-0.4, -0.2) is 21.7 Å². The molecular weight excluding hydrogens is 350 g/mol. The van der Waals surface area contributed by atoms with Gasteiger partial charge in [-0.05, 0) is 36.6 Å². The average molecular weight is 373 g/mol. The van der Waals surface area contributed by atoms with E-state index in [-0.39, 0.29) is 5.56 Å². The fraction of sp³-hybridized carbons (Fsp3) is 0.217. The molecule has 0 fully saturated rings. The van der Waals surface area contributed by atoms with Crippen molar-refractivity contribution in [3.05, 3.63) is 87.5 Å². The Morgan fingerprint density at radius 1 is 1.07 bits per heavy atom. The number of nitrogens with zero attached hydrogens (tertiary/aromatic N) is 2. The van der Waals surface area contributed by atoms with Gasteiger partial charge < -0.3 is 9.72 Å². The van der Waals surface area contributed by atoms with E-state index < -0.39 is 0 Å². The van der Waals surface area contributed by atoms with Gasteiger partial charge in [-0.3, -0.25) is 4.79 Å². The molecule has 2 aromatic heterocycles. The van der Waals surface area contributed by atoms with Crippen LogP contribution in [0.25, 0.3) is 16.8 Å². The second kappa shape index (κ2) is 7.35. The van der Waals surface area contributed by atoms with Gasteiger partial charge in [-0.1, -0.05) is 49.4 Å². The van der Waals surface area contributed by atoms with Crippen LogP contribution in [0.2, 0.25) is 0 Å². The lowest BCUT2D eigenvalue weighted by Crippen LogP contribution is -2.21. The molecule has 0 spiro atoms. The SMILES string of the molecule is CCc1c(C)[nH]c2c(-c3ccccc3)c(Cc3ccc(OC)cc3)nn2c1=O. The van der Waals surface area contributed by atoms with Crippen molar-refractivity contribution in [1.29, 1.82) is 0 Å². The number of aromatic amines is 1. The Bertz CT molecular complexity index is 1170. The number of benzene rings is 2. The topological polar surface area (TPSA) is 59.4 Å². The summed E-state index contributed by atoms with van der Waals surface area (Å²) >= 11 is 0. The minimum Gasteiger partial charge on any atom is -0.497 e. The van der Waals surface area contributed by atoms with Crippen LogP contribution in [0.4, 0.5) is 0 Å². The largest absolute Gasteiger partial charge is 0.497 e. The van der Waals surface area contributed by atoms with Gasteiger partial charge in [0, 0.05) is 23.2 Å². The van der Waals surface area contributed by atoms with E-state index in [1.807, 2.05) is 56.3 Å². The molecule has 0 atom stereocenters. The Kier molecular flexibility index (Phi) is 4.74. The molecular formula is C23H23N3O2. The number of aryl methyl sites for hydroxylation is 1. The average Bonchev–Trinajstić information content (AvgIpc) is 3.07. The second-order valence-corrected chi connectivity index (χ2v) is 6.86. The van der Waals surface area contributed by atoms with Crippen molar-refractivity contribution < 1.29 is 4.74 Å². The summed E-state index contributed by atoms with van der Waals surface area (Å²) in [5.41, 5.74) is 6.36. The van der Waals surface area contributed by atoms with Crippen molar-refractivity contribution in [3.63, 3.8) is 0 Å². The van der Waals surface area contributed by atoms with Gasteiger partial charge in [0.1, 0.15) is 11.4 Å². The van der Waals surface area contributed by atoms with Gasteiger partial charge in [-0.15, -0.1) is 0 Å². The van der Waals surface area contributed by atoms with Gasteiger partial charge >= 0.3 is 0 Å². The lowest BCUT2D eigenvalue weighted by atomic mass is 10.0. The lowest BCUT2D eigenvalue weighted by molar-refractivity contribution is 0.414. The molecule has 4 aromatic rings. The number of ether oxygens (including phenoxy) is 1. The van der Waals surface area contributed by atoms with E-state index in [2.05, 4.69) is 17.1 Å². The van der Waals surface area contributed by atoms with Crippen molar-refractivity contribution in [2.75, 3.05) is 7.11 Å². The van der Waals surface area contributed by atoms with Crippen molar-refractivity contribution in [3.8, 4) is 16.9 Å². The van der Waals surface area contributed by atoms with Crippen LogP contribution in [0.3, 0.4) is 0 Å². The van der Waals surface area contributed by atoms with Crippen LogP contribution in [0.5, 0.6) is 5.75 Å². The number of fused-ring (bicyclic) bond motifs is 1. The Hall–Kier alpha value is -3.34. The highest BCUT2D eigenvalue weighted by Gasteiger charge is 2.19.